The van der Waals surface area contributed by atoms with Crippen molar-refractivity contribution in [2.24, 2.45) is 17.0 Å². The van der Waals surface area contributed by atoms with Gasteiger partial charge in [-0.3, -0.25) is 4.40 Å². The van der Waals surface area contributed by atoms with Crippen LogP contribution in [-0.2, 0) is 10.0 Å². The van der Waals surface area contributed by atoms with E-state index < -0.39 is 14.8 Å². The van der Waals surface area contributed by atoms with Gasteiger partial charge in [-0.2, -0.15) is 0 Å². The second-order valence-corrected chi connectivity index (χ2v) is 9.68. The van der Waals surface area contributed by atoms with Crippen molar-refractivity contribution in [2.45, 2.75) is 49.7 Å². The molecule has 9 heteroatoms. The second kappa shape index (κ2) is 5.26. The van der Waals surface area contributed by atoms with E-state index in [0.717, 1.165) is 41.9 Å². The summed E-state index contributed by atoms with van der Waals surface area (Å²) >= 11 is 0. The monoisotopic (exact) mass is 374 g/mol. The highest BCUT2D eigenvalue weighted by atomic mass is 32.2. The maximum absolute atomic E-state index is 12.2. The first-order valence-electron chi connectivity index (χ1n) is 9.14. The first-order valence-corrected chi connectivity index (χ1v) is 10.7. The van der Waals surface area contributed by atoms with Crippen LogP contribution in [0.3, 0.4) is 0 Å². The van der Waals surface area contributed by atoms with Gasteiger partial charge < -0.3 is 4.98 Å². The van der Waals surface area contributed by atoms with Crippen LogP contribution < -0.4 is 5.14 Å². The third-order valence-electron chi connectivity index (χ3n) is 6.57. The molecule has 2 saturated carbocycles. The Morgan fingerprint density at radius 3 is 2.85 bits per heavy atom. The van der Waals surface area contributed by atoms with E-state index in [1.807, 2.05) is 12.3 Å². The molecular formula is C17H22N6O2S. The number of nitrogens with two attached hydrogens (primary N) is 1. The lowest BCUT2D eigenvalue weighted by atomic mass is 9.93. The lowest BCUT2D eigenvalue weighted by Crippen LogP contribution is -2.36. The maximum atomic E-state index is 12.2. The van der Waals surface area contributed by atoms with Gasteiger partial charge in [-0.1, -0.05) is 13.3 Å². The smallest absolute Gasteiger partial charge is 0.215 e. The molecule has 3 atom stereocenters. The van der Waals surface area contributed by atoms with E-state index in [0.29, 0.717) is 18.8 Å². The number of fused-ring (bicyclic) bond motifs is 3. The highest BCUT2D eigenvalue weighted by molar-refractivity contribution is 7.90. The van der Waals surface area contributed by atoms with Crippen molar-refractivity contribution < 1.29 is 8.42 Å². The van der Waals surface area contributed by atoms with E-state index in [4.69, 9.17) is 5.14 Å². The summed E-state index contributed by atoms with van der Waals surface area (Å²) in [4.78, 5) is 7.49. The zero-order valence-corrected chi connectivity index (χ0v) is 15.4. The highest BCUT2D eigenvalue weighted by Gasteiger charge is 2.61. The summed E-state index contributed by atoms with van der Waals surface area (Å²) in [5.41, 5.74) is 2.47. The van der Waals surface area contributed by atoms with Crippen LogP contribution in [0.15, 0.2) is 18.5 Å². The molecule has 3 aromatic rings. The van der Waals surface area contributed by atoms with Crippen molar-refractivity contribution in [3.05, 3.63) is 24.3 Å². The van der Waals surface area contributed by atoms with Gasteiger partial charge in [0, 0.05) is 12.1 Å². The number of nitrogens with zero attached hydrogens (tertiary/aromatic N) is 4. The third kappa shape index (κ3) is 2.10. The number of H-pyrrole nitrogens is 1. The quantitative estimate of drug-likeness (QED) is 0.723. The molecular weight excluding hydrogens is 352 g/mol. The first kappa shape index (κ1) is 16.2. The van der Waals surface area contributed by atoms with Crippen molar-refractivity contribution in [1.29, 1.82) is 0 Å². The number of hydrogen-bond donors (Lipinski definition) is 2. The average molecular weight is 374 g/mol. The minimum absolute atomic E-state index is 0.100. The summed E-state index contributed by atoms with van der Waals surface area (Å²) in [7, 11) is -3.52. The molecule has 2 fully saturated rings. The van der Waals surface area contributed by atoms with E-state index in [1.54, 1.807) is 6.20 Å². The molecule has 0 aromatic carbocycles. The van der Waals surface area contributed by atoms with Crippen LogP contribution in [0.25, 0.3) is 16.8 Å². The topological polar surface area (TPSA) is 119 Å². The number of hydrogen-bond acceptors (Lipinski definition) is 5. The van der Waals surface area contributed by atoms with E-state index in [1.165, 1.54) is 0 Å². The fourth-order valence-corrected chi connectivity index (χ4v) is 6.34. The highest BCUT2D eigenvalue weighted by Crippen LogP contribution is 2.58. The van der Waals surface area contributed by atoms with Crippen molar-refractivity contribution in [3.8, 4) is 0 Å². The van der Waals surface area contributed by atoms with Crippen LogP contribution in [-0.4, -0.2) is 37.7 Å². The zero-order chi connectivity index (χ0) is 18.1. The lowest BCUT2D eigenvalue weighted by Gasteiger charge is -2.20. The second-order valence-electron chi connectivity index (χ2n) is 7.77. The SMILES string of the molecule is CC[C@@H]1C[C@@H](C2(S(N)(=O)=O)CC2)C[C@@H]1c1nnc2cnc3[nH]ccc3n12. The molecule has 26 heavy (non-hydrogen) atoms. The predicted molar refractivity (Wildman–Crippen MR) is 97.0 cm³/mol. The van der Waals surface area contributed by atoms with Gasteiger partial charge in [0.05, 0.1) is 16.5 Å². The fourth-order valence-electron chi connectivity index (χ4n) is 5.01. The van der Waals surface area contributed by atoms with Gasteiger partial charge in [-0.15, -0.1) is 10.2 Å². The molecule has 3 aromatic heterocycles. The van der Waals surface area contributed by atoms with Gasteiger partial charge >= 0.3 is 0 Å². The number of nitrogens with one attached hydrogen (secondary N) is 1. The molecule has 2 aliphatic rings. The summed E-state index contributed by atoms with van der Waals surface area (Å²) < 4.78 is 25.7. The number of sulfonamides is 1. The van der Waals surface area contributed by atoms with Crippen molar-refractivity contribution in [3.63, 3.8) is 0 Å². The Balaban J connectivity index is 1.60. The fraction of sp³-hybridized carbons (Fsp3) is 0.588. The molecule has 0 radical (unpaired) electrons. The van der Waals surface area contributed by atoms with E-state index >= 15 is 0 Å². The normalized spacial score (nSPS) is 28.2. The number of aromatic amines is 1. The summed E-state index contributed by atoms with van der Waals surface area (Å²) in [6.45, 7) is 2.16. The minimum Gasteiger partial charge on any atom is -0.345 e. The minimum atomic E-state index is -3.52. The summed E-state index contributed by atoms with van der Waals surface area (Å²) in [5, 5.41) is 14.4. The lowest BCUT2D eigenvalue weighted by molar-refractivity contribution is 0.432. The van der Waals surface area contributed by atoms with Crippen molar-refractivity contribution in [1.82, 2.24) is 24.6 Å². The molecule has 2 aliphatic carbocycles. The molecule has 0 spiro atoms. The molecule has 138 valence electrons. The van der Waals surface area contributed by atoms with E-state index in [2.05, 4.69) is 31.5 Å². The van der Waals surface area contributed by atoms with Crippen LogP contribution >= 0.6 is 0 Å². The number of rotatable bonds is 4. The van der Waals surface area contributed by atoms with Gasteiger partial charge in [0.15, 0.2) is 11.3 Å². The summed E-state index contributed by atoms with van der Waals surface area (Å²) in [6.07, 6.45) is 7.61. The summed E-state index contributed by atoms with van der Waals surface area (Å²) in [5.74, 6) is 1.57. The molecule has 0 aliphatic heterocycles. The molecule has 3 N–H and O–H groups in total. The van der Waals surface area contributed by atoms with Crippen molar-refractivity contribution in [2.75, 3.05) is 0 Å². The first-order chi connectivity index (χ1) is 12.4. The Morgan fingerprint density at radius 2 is 2.15 bits per heavy atom. The molecule has 0 amide bonds. The molecule has 8 nitrogen and oxygen atoms in total. The Hall–Kier alpha value is -2.00. The third-order valence-corrected chi connectivity index (χ3v) is 8.45. The van der Waals surface area contributed by atoms with Gasteiger partial charge in [-0.05, 0) is 43.6 Å². The van der Waals surface area contributed by atoms with Crippen LogP contribution in [0.2, 0.25) is 0 Å². The average Bonchev–Trinajstić information content (AvgIpc) is 2.98. The molecule has 5 rings (SSSR count). The maximum Gasteiger partial charge on any atom is 0.215 e. The van der Waals surface area contributed by atoms with Crippen molar-refractivity contribution >= 4 is 26.8 Å². The van der Waals surface area contributed by atoms with Gasteiger partial charge in [0.2, 0.25) is 10.0 Å². The van der Waals surface area contributed by atoms with Crippen LogP contribution in [0.1, 0.15) is 50.8 Å². The number of primary sulfonamides is 1. The Bertz CT molecular complexity index is 1100. The van der Waals surface area contributed by atoms with Gasteiger partial charge in [0.1, 0.15) is 5.82 Å². The van der Waals surface area contributed by atoms with E-state index in [-0.39, 0.29) is 11.8 Å². The predicted octanol–water partition coefficient (Wildman–Crippen LogP) is 1.95. The van der Waals surface area contributed by atoms with Gasteiger partial charge in [-0.25, -0.2) is 18.5 Å². The number of aromatic nitrogens is 5. The Kier molecular flexibility index (Phi) is 3.28. The molecule has 3 heterocycles. The Morgan fingerprint density at radius 1 is 1.35 bits per heavy atom. The summed E-state index contributed by atoms with van der Waals surface area (Å²) in [6, 6.07) is 1.97. The standard InChI is InChI=1S/C17H22N6O2S/c1-2-10-7-11(17(4-5-17)26(18,24)25)8-12(10)16-22-21-14-9-20-15-13(23(14)16)3-6-19-15/h3,6,9-12,19H,2,4-5,7-8H2,1H3,(H2,18,24,25)/t10-,11-,12+/m1/s1. The molecule has 0 unspecified atom stereocenters. The van der Waals surface area contributed by atoms with Gasteiger partial charge in [0.25, 0.3) is 0 Å². The molecule has 0 bridgehead atoms. The zero-order valence-electron chi connectivity index (χ0n) is 14.6. The molecule has 0 saturated heterocycles. The van der Waals surface area contributed by atoms with Crippen LogP contribution in [0.4, 0.5) is 0 Å². The van der Waals surface area contributed by atoms with Crippen LogP contribution in [0.5, 0.6) is 0 Å². The largest absolute Gasteiger partial charge is 0.345 e. The van der Waals surface area contributed by atoms with E-state index in [9.17, 15) is 8.42 Å². The Labute approximate surface area is 151 Å². The van der Waals surface area contributed by atoms with Crippen LogP contribution in [0, 0.1) is 11.8 Å².